The van der Waals surface area contributed by atoms with Crippen molar-refractivity contribution in [3.8, 4) is 0 Å². The van der Waals surface area contributed by atoms with Crippen LogP contribution >= 0.6 is 0 Å². The van der Waals surface area contributed by atoms with Crippen molar-refractivity contribution >= 4 is 21.4 Å². The van der Waals surface area contributed by atoms with Crippen LogP contribution in [0.25, 0.3) is 0 Å². The summed E-state index contributed by atoms with van der Waals surface area (Å²) in [5.74, 6) is 0.0321. The zero-order valence-corrected chi connectivity index (χ0v) is 11.3. The Morgan fingerprint density at radius 2 is 2.21 bits per heavy atom. The smallest absolute Gasteiger partial charge is 0.251 e. The number of amides is 1. The third-order valence-corrected chi connectivity index (χ3v) is 5.42. The van der Waals surface area contributed by atoms with E-state index in [1.807, 2.05) is 12.1 Å². The van der Waals surface area contributed by atoms with Crippen LogP contribution in [-0.4, -0.2) is 38.4 Å². The second-order valence-electron chi connectivity index (χ2n) is 5.12. The molecule has 2 heterocycles. The summed E-state index contributed by atoms with van der Waals surface area (Å²) < 4.78 is 22.7. The Morgan fingerprint density at radius 3 is 2.95 bits per heavy atom. The number of hydrogen-bond donors (Lipinski definition) is 2. The Labute approximate surface area is 112 Å². The van der Waals surface area contributed by atoms with Crippen molar-refractivity contribution in [2.24, 2.45) is 0 Å². The molecule has 19 heavy (non-hydrogen) atoms. The SMILES string of the molecule is O=C(NC1CCS(=O)(=O)C1)c1ccc2c(c1)NCC2. The van der Waals surface area contributed by atoms with Crippen molar-refractivity contribution in [2.45, 2.75) is 18.9 Å². The molecule has 102 valence electrons. The van der Waals surface area contributed by atoms with E-state index in [-0.39, 0.29) is 23.5 Å². The Hall–Kier alpha value is -1.56. The van der Waals surface area contributed by atoms with Gasteiger partial charge in [-0.15, -0.1) is 0 Å². The van der Waals surface area contributed by atoms with Gasteiger partial charge < -0.3 is 10.6 Å². The summed E-state index contributed by atoms with van der Waals surface area (Å²) in [6.07, 6.45) is 1.50. The fourth-order valence-corrected chi connectivity index (χ4v) is 4.28. The highest BCUT2D eigenvalue weighted by molar-refractivity contribution is 7.91. The summed E-state index contributed by atoms with van der Waals surface area (Å²) in [6.45, 7) is 0.904. The fourth-order valence-electron chi connectivity index (χ4n) is 2.61. The van der Waals surface area contributed by atoms with Crippen LogP contribution in [0.3, 0.4) is 0 Å². The molecule has 0 aliphatic carbocycles. The van der Waals surface area contributed by atoms with Crippen LogP contribution in [0.2, 0.25) is 0 Å². The molecule has 0 spiro atoms. The van der Waals surface area contributed by atoms with Crippen molar-refractivity contribution in [1.82, 2.24) is 5.32 Å². The van der Waals surface area contributed by atoms with Crippen molar-refractivity contribution in [3.63, 3.8) is 0 Å². The molecule has 5 nitrogen and oxygen atoms in total. The average Bonchev–Trinajstić information content (AvgIpc) is 2.94. The molecular formula is C13H16N2O3S. The van der Waals surface area contributed by atoms with Crippen LogP contribution in [0.5, 0.6) is 0 Å². The Balaban J connectivity index is 1.71. The molecule has 6 heteroatoms. The molecule has 3 rings (SSSR count). The fraction of sp³-hybridized carbons (Fsp3) is 0.462. The average molecular weight is 280 g/mol. The van der Waals surface area contributed by atoms with Gasteiger partial charge in [0, 0.05) is 23.8 Å². The van der Waals surface area contributed by atoms with Crippen LogP contribution in [-0.2, 0) is 16.3 Å². The number of fused-ring (bicyclic) bond motifs is 1. The van der Waals surface area contributed by atoms with E-state index in [0.717, 1.165) is 18.7 Å². The summed E-state index contributed by atoms with van der Waals surface area (Å²) >= 11 is 0. The Bertz CT molecular complexity index is 625. The highest BCUT2D eigenvalue weighted by Gasteiger charge is 2.29. The number of nitrogens with one attached hydrogen (secondary N) is 2. The van der Waals surface area contributed by atoms with Gasteiger partial charge in [-0.05, 0) is 30.5 Å². The summed E-state index contributed by atoms with van der Waals surface area (Å²) in [7, 11) is -2.96. The zero-order chi connectivity index (χ0) is 13.5. The first-order chi connectivity index (χ1) is 9.03. The van der Waals surface area contributed by atoms with E-state index in [1.54, 1.807) is 6.07 Å². The number of anilines is 1. The minimum atomic E-state index is -2.96. The van der Waals surface area contributed by atoms with E-state index in [4.69, 9.17) is 0 Å². The van der Waals surface area contributed by atoms with Gasteiger partial charge in [0.2, 0.25) is 0 Å². The molecule has 1 amide bonds. The van der Waals surface area contributed by atoms with Crippen LogP contribution < -0.4 is 10.6 Å². The van der Waals surface area contributed by atoms with Crippen LogP contribution in [0.4, 0.5) is 5.69 Å². The lowest BCUT2D eigenvalue weighted by molar-refractivity contribution is 0.0941. The summed E-state index contributed by atoms with van der Waals surface area (Å²) in [4.78, 5) is 12.1. The van der Waals surface area contributed by atoms with Gasteiger partial charge in [0.05, 0.1) is 11.5 Å². The molecule has 0 bridgehead atoms. The van der Waals surface area contributed by atoms with E-state index in [0.29, 0.717) is 12.0 Å². The number of benzene rings is 1. The third-order valence-electron chi connectivity index (χ3n) is 3.65. The molecule has 2 N–H and O–H groups in total. The van der Waals surface area contributed by atoms with E-state index < -0.39 is 9.84 Å². The predicted octanol–water partition coefficient (Wildman–Crippen LogP) is 0.571. The normalized spacial score (nSPS) is 23.7. The summed E-state index contributed by atoms with van der Waals surface area (Å²) in [5.41, 5.74) is 2.81. The first-order valence-corrected chi connectivity index (χ1v) is 8.24. The maximum atomic E-state index is 12.1. The molecule has 2 aliphatic rings. The second kappa shape index (κ2) is 4.52. The monoisotopic (exact) mass is 280 g/mol. The number of hydrogen-bond acceptors (Lipinski definition) is 4. The van der Waals surface area contributed by atoms with Gasteiger partial charge >= 0.3 is 0 Å². The molecule has 1 atom stereocenters. The van der Waals surface area contributed by atoms with E-state index in [1.165, 1.54) is 5.56 Å². The van der Waals surface area contributed by atoms with E-state index in [2.05, 4.69) is 10.6 Å². The Morgan fingerprint density at radius 1 is 1.37 bits per heavy atom. The summed E-state index contributed by atoms with van der Waals surface area (Å²) in [6, 6.07) is 5.33. The standard InChI is InChI=1S/C13H16N2O3S/c16-13(15-11-4-6-19(17,18)8-11)10-2-1-9-3-5-14-12(9)7-10/h1-2,7,11,14H,3-6,8H2,(H,15,16). The lowest BCUT2D eigenvalue weighted by Gasteiger charge is -2.11. The van der Waals surface area contributed by atoms with Gasteiger partial charge in [0.25, 0.3) is 5.91 Å². The molecule has 1 fully saturated rings. The molecule has 0 aromatic heterocycles. The maximum absolute atomic E-state index is 12.1. The third kappa shape index (κ3) is 2.58. The van der Waals surface area contributed by atoms with Crippen molar-refractivity contribution in [1.29, 1.82) is 0 Å². The highest BCUT2D eigenvalue weighted by Crippen LogP contribution is 2.23. The van der Waals surface area contributed by atoms with Crippen molar-refractivity contribution in [2.75, 3.05) is 23.4 Å². The number of carbonyl (C=O) groups is 1. The predicted molar refractivity (Wildman–Crippen MR) is 73.2 cm³/mol. The van der Waals surface area contributed by atoms with E-state index >= 15 is 0 Å². The number of carbonyl (C=O) groups excluding carboxylic acids is 1. The van der Waals surface area contributed by atoms with Gasteiger partial charge in [0.1, 0.15) is 0 Å². The van der Waals surface area contributed by atoms with Gasteiger partial charge in [0.15, 0.2) is 9.84 Å². The van der Waals surface area contributed by atoms with Gasteiger partial charge in [-0.1, -0.05) is 6.07 Å². The molecule has 1 aromatic carbocycles. The molecule has 0 radical (unpaired) electrons. The summed E-state index contributed by atoms with van der Waals surface area (Å²) in [5, 5.41) is 6.02. The largest absolute Gasteiger partial charge is 0.384 e. The topological polar surface area (TPSA) is 75.3 Å². The minimum absolute atomic E-state index is 0.0575. The first-order valence-electron chi connectivity index (χ1n) is 6.42. The van der Waals surface area contributed by atoms with Crippen molar-refractivity contribution in [3.05, 3.63) is 29.3 Å². The molecular weight excluding hydrogens is 264 g/mol. The van der Waals surface area contributed by atoms with Gasteiger partial charge in [-0.3, -0.25) is 4.79 Å². The second-order valence-corrected chi connectivity index (χ2v) is 7.35. The van der Waals surface area contributed by atoms with Crippen LogP contribution in [0, 0.1) is 0 Å². The maximum Gasteiger partial charge on any atom is 0.251 e. The Kier molecular flexibility index (Phi) is 2.97. The molecule has 0 saturated carbocycles. The van der Waals surface area contributed by atoms with Crippen molar-refractivity contribution < 1.29 is 13.2 Å². The molecule has 2 aliphatic heterocycles. The number of sulfone groups is 1. The van der Waals surface area contributed by atoms with E-state index in [9.17, 15) is 13.2 Å². The van der Waals surface area contributed by atoms with Crippen LogP contribution in [0.15, 0.2) is 18.2 Å². The van der Waals surface area contributed by atoms with Gasteiger partial charge in [-0.2, -0.15) is 0 Å². The van der Waals surface area contributed by atoms with Gasteiger partial charge in [-0.25, -0.2) is 8.42 Å². The van der Waals surface area contributed by atoms with Crippen LogP contribution in [0.1, 0.15) is 22.3 Å². The lowest BCUT2D eigenvalue weighted by Crippen LogP contribution is -2.35. The number of rotatable bonds is 2. The molecule has 1 unspecified atom stereocenters. The quantitative estimate of drug-likeness (QED) is 0.830. The minimum Gasteiger partial charge on any atom is -0.384 e. The molecule has 1 saturated heterocycles. The first kappa shape index (κ1) is 12.5. The zero-order valence-electron chi connectivity index (χ0n) is 10.5. The molecule has 1 aromatic rings. The lowest BCUT2D eigenvalue weighted by atomic mass is 10.1. The highest BCUT2D eigenvalue weighted by atomic mass is 32.2.